The van der Waals surface area contributed by atoms with Crippen molar-refractivity contribution in [2.75, 3.05) is 31.1 Å². The Bertz CT molecular complexity index is 1000. The number of benzene rings is 1. The van der Waals surface area contributed by atoms with E-state index >= 15 is 0 Å². The van der Waals surface area contributed by atoms with Crippen LogP contribution in [-0.2, 0) is 18.4 Å². The standard InChI is InChI=1S/C21H23N5O.C2H3N/c22-14-18-24-19(26-12-10-23-11-13-26)16-7-9-21(27-20(16)25-18)8-3-5-15-4-1-2-6-17(15)21;1-2-3/h1-2,4,6,23H,3,5,7-13H2;1H3. The van der Waals surface area contributed by atoms with Crippen molar-refractivity contribution in [3.05, 3.63) is 46.8 Å². The zero-order chi connectivity index (χ0) is 21.0. The molecule has 1 spiro atoms. The fourth-order valence-corrected chi connectivity index (χ4v) is 4.75. The molecule has 1 aromatic carbocycles. The van der Waals surface area contributed by atoms with Gasteiger partial charge in [-0.3, -0.25) is 0 Å². The first-order valence-electron chi connectivity index (χ1n) is 10.6. The van der Waals surface area contributed by atoms with Crippen LogP contribution in [0.1, 0.15) is 48.7 Å². The van der Waals surface area contributed by atoms with Gasteiger partial charge in [-0.25, -0.2) is 4.98 Å². The summed E-state index contributed by atoms with van der Waals surface area (Å²) in [5, 5.41) is 20.1. The highest BCUT2D eigenvalue weighted by molar-refractivity contribution is 5.55. The minimum Gasteiger partial charge on any atom is -0.466 e. The minimum absolute atomic E-state index is 0.198. The van der Waals surface area contributed by atoms with Gasteiger partial charge in [-0.2, -0.15) is 15.5 Å². The molecule has 0 saturated carbocycles. The zero-order valence-electron chi connectivity index (χ0n) is 17.3. The lowest BCUT2D eigenvalue weighted by Gasteiger charge is -2.43. The van der Waals surface area contributed by atoms with Crippen molar-refractivity contribution in [2.45, 2.75) is 44.6 Å². The average molecular weight is 403 g/mol. The van der Waals surface area contributed by atoms with Crippen molar-refractivity contribution in [2.24, 2.45) is 0 Å². The number of aryl methyl sites for hydroxylation is 1. The monoisotopic (exact) mass is 402 g/mol. The largest absolute Gasteiger partial charge is 0.466 e. The van der Waals surface area contributed by atoms with Crippen molar-refractivity contribution in [3.63, 3.8) is 0 Å². The van der Waals surface area contributed by atoms with Gasteiger partial charge in [-0.05, 0) is 43.2 Å². The van der Waals surface area contributed by atoms with E-state index in [4.69, 9.17) is 10.00 Å². The highest BCUT2D eigenvalue weighted by Gasteiger charge is 2.43. The summed E-state index contributed by atoms with van der Waals surface area (Å²) in [6.07, 6.45) is 5.04. The highest BCUT2D eigenvalue weighted by atomic mass is 16.5. The van der Waals surface area contributed by atoms with Crippen molar-refractivity contribution in [3.8, 4) is 18.0 Å². The molecule has 0 radical (unpaired) electrons. The maximum absolute atomic E-state index is 9.46. The lowest BCUT2D eigenvalue weighted by atomic mass is 9.75. The van der Waals surface area contributed by atoms with Crippen LogP contribution >= 0.6 is 0 Å². The molecule has 0 bridgehead atoms. The molecule has 1 N–H and O–H groups in total. The molecule has 3 aliphatic rings. The molecule has 5 rings (SSSR count). The Morgan fingerprint density at radius 1 is 1.10 bits per heavy atom. The van der Waals surface area contributed by atoms with E-state index in [1.54, 1.807) is 6.07 Å². The number of hydrogen-bond donors (Lipinski definition) is 1. The number of ether oxygens (including phenoxy) is 1. The fraction of sp³-hybridized carbons (Fsp3) is 0.478. The van der Waals surface area contributed by atoms with Crippen LogP contribution in [0, 0.1) is 22.7 Å². The zero-order valence-corrected chi connectivity index (χ0v) is 17.3. The number of hydrogen-bond acceptors (Lipinski definition) is 7. The molecular weight excluding hydrogens is 376 g/mol. The summed E-state index contributed by atoms with van der Waals surface area (Å²) in [4.78, 5) is 11.3. The van der Waals surface area contributed by atoms with Crippen molar-refractivity contribution in [1.29, 1.82) is 10.5 Å². The molecular formula is C23H26N6O. The number of anilines is 1. The maximum Gasteiger partial charge on any atom is 0.237 e. The van der Waals surface area contributed by atoms with Crippen LogP contribution in [0.15, 0.2) is 24.3 Å². The third-order valence-corrected chi connectivity index (χ3v) is 6.07. The molecule has 1 aromatic heterocycles. The Morgan fingerprint density at radius 3 is 2.63 bits per heavy atom. The Hall–Kier alpha value is -3.16. The molecule has 7 heteroatoms. The van der Waals surface area contributed by atoms with Gasteiger partial charge in [-0.1, -0.05) is 24.3 Å². The quantitative estimate of drug-likeness (QED) is 0.783. The summed E-state index contributed by atoms with van der Waals surface area (Å²) < 4.78 is 6.62. The van der Waals surface area contributed by atoms with Gasteiger partial charge in [0.15, 0.2) is 0 Å². The van der Waals surface area contributed by atoms with Gasteiger partial charge in [0, 0.05) is 33.1 Å². The van der Waals surface area contributed by atoms with Crippen molar-refractivity contribution >= 4 is 5.82 Å². The molecule has 7 nitrogen and oxygen atoms in total. The predicted octanol–water partition coefficient (Wildman–Crippen LogP) is 2.84. The number of nitrogens with one attached hydrogen (secondary N) is 1. The van der Waals surface area contributed by atoms with E-state index in [1.165, 1.54) is 18.1 Å². The first-order valence-corrected chi connectivity index (χ1v) is 10.6. The van der Waals surface area contributed by atoms with Crippen LogP contribution in [0.5, 0.6) is 5.88 Å². The lowest BCUT2D eigenvalue weighted by Crippen LogP contribution is -2.45. The number of fused-ring (bicyclic) bond motifs is 3. The number of piperazine rings is 1. The second-order valence-corrected chi connectivity index (χ2v) is 7.83. The van der Waals surface area contributed by atoms with Crippen LogP contribution in [-0.4, -0.2) is 36.1 Å². The van der Waals surface area contributed by atoms with Gasteiger partial charge in [0.05, 0.1) is 11.6 Å². The van der Waals surface area contributed by atoms with Crippen molar-refractivity contribution in [1.82, 2.24) is 15.3 Å². The van der Waals surface area contributed by atoms with Crippen molar-refractivity contribution < 1.29 is 4.74 Å². The minimum atomic E-state index is -0.316. The molecule has 1 unspecified atom stereocenters. The summed E-state index contributed by atoms with van der Waals surface area (Å²) in [7, 11) is 0. The number of nitriles is 2. The van der Waals surface area contributed by atoms with Gasteiger partial charge >= 0.3 is 0 Å². The Balaban J connectivity index is 0.000000687. The van der Waals surface area contributed by atoms with E-state index < -0.39 is 0 Å². The SMILES string of the molecule is CC#N.N#Cc1nc2c(c(N3CCNCC3)n1)CCC1(CCCc3ccccc31)O2. The van der Waals surface area contributed by atoms with Gasteiger partial charge in [-0.15, -0.1) is 0 Å². The Morgan fingerprint density at radius 2 is 1.87 bits per heavy atom. The second-order valence-electron chi connectivity index (χ2n) is 7.83. The van der Waals surface area contributed by atoms with E-state index in [0.29, 0.717) is 5.88 Å². The molecule has 1 fully saturated rings. The highest BCUT2D eigenvalue weighted by Crippen LogP contribution is 2.47. The van der Waals surface area contributed by atoms with Crippen LogP contribution in [0.3, 0.4) is 0 Å². The van der Waals surface area contributed by atoms with E-state index in [0.717, 1.165) is 69.7 Å². The van der Waals surface area contributed by atoms with Gasteiger partial charge in [0.25, 0.3) is 0 Å². The summed E-state index contributed by atoms with van der Waals surface area (Å²) in [5.41, 5.74) is 3.42. The fourth-order valence-electron chi connectivity index (χ4n) is 4.75. The maximum atomic E-state index is 9.46. The second kappa shape index (κ2) is 8.69. The van der Waals surface area contributed by atoms with Gasteiger partial charge in [0.1, 0.15) is 17.5 Å². The molecule has 3 heterocycles. The third-order valence-electron chi connectivity index (χ3n) is 6.07. The molecule has 1 atom stereocenters. The number of aromatic nitrogens is 2. The van der Waals surface area contributed by atoms with Gasteiger partial charge in [0.2, 0.25) is 11.7 Å². The topological polar surface area (TPSA) is 97.9 Å². The first kappa shape index (κ1) is 20.1. The molecule has 2 aliphatic heterocycles. The van der Waals surface area contributed by atoms with Crippen LogP contribution in [0.25, 0.3) is 0 Å². The van der Waals surface area contributed by atoms with Gasteiger partial charge < -0.3 is 15.0 Å². The molecule has 0 amide bonds. The molecule has 1 aliphatic carbocycles. The smallest absolute Gasteiger partial charge is 0.237 e. The molecule has 30 heavy (non-hydrogen) atoms. The summed E-state index contributed by atoms with van der Waals surface area (Å²) in [6, 6.07) is 12.5. The average Bonchev–Trinajstić information content (AvgIpc) is 2.79. The van der Waals surface area contributed by atoms with E-state index in [-0.39, 0.29) is 11.4 Å². The Labute approximate surface area is 177 Å². The summed E-state index contributed by atoms with van der Waals surface area (Å²) in [6.45, 7) is 5.07. The van der Waals surface area contributed by atoms with Crippen LogP contribution in [0.2, 0.25) is 0 Å². The number of rotatable bonds is 1. The Kier molecular flexibility index (Phi) is 5.83. The molecule has 1 saturated heterocycles. The summed E-state index contributed by atoms with van der Waals surface area (Å²) >= 11 is 0. The van der Waals surface area contributed by atoms with E-state index in [1.807, 2.05) is 0 Å². The summed E-state index contributed by atoms with van der Waals surface area (Å²) in [5.74, 6) is 1.69. The number of nitrogens with zero attached hydrogens (tertiary/aromatic N) is 5. The van der Waals surface area contributed by atoms with E-state index in [9.17, 15) is 5.26 Å². The molecule has 2 aromatic rings. The normalized spacial score (nSPS) is 21.8. The van der Waals surface area contributed by atoms with E-state index in [2.05, 4.69) is 50.5 Å². The van der Waals surface area contributed by atoms with Crippen LogP contribution in [0.4, 0.5) is 5.82 Å². The lowest BCUT2D eigenvalue weighted by molar-refractivity contribution is 0.0200. The third kappa shape index (κ3) is 3.69. The predicted molar refractivity (Wildman–Crippen MR) is 113 cm³/mol. The first-order chi connectivity index (χ1) is 14.7. The van der Waals surface area contributed by atoms with Crippen LogP contribution < -0.4 is 15.0 Å². The molecule has 154 valence electrons.